The molecule has 4 atom stereocenters. The zero-order valence-electron chi connectivity index (χ0n) is 12.1. The first kappa shape index (κ1) is 14.1. The van der Waals surface area contributed by atoms with Crippen LogP contribution >= 0.6 is 11.6 Å². The van der Waals surface area contributed by atoms with E-state index in [1.54, 1.807) is 6.92 Å². The van der Waals surface area contributed by atoms with Crippen molar-refractivity contribution in [2.45, 2.75) is 44.4 Å². The van der Waals surface area contributed by atoms with Gasteiger partial charge in [0.15, 0.2) is 0 Å². The van der Waals surface area contributed by atoms with Gasteiger partial charge in [-0.05, 0) is 50.0 Å². The lowest BCUT2D eigenvalue weighted by atomic mass is 9.52. The van der Waals surface area contributed by atoms with Crippen LogP contribution in [0.2, 0.25) is 0 Å². The Morgan fingerprint density at radius 3 is 2.65 bits per heavy atom. The van der Waals surface area contributed by atoms with Gasteiger partial charge in [-0.25, -0.2) is 0 Å². The molecule has 0 aromatic heterocycles. The van der Waals surface area contributed by atoms with Crippen molar-refractivity contribution in [2.24, 2.45) is 17.8 Å². The average molecular weight is 291 g/mol. The SMILES string of the molecule is CC(=O)C1CC2CCC(CCl)C(c3ccccc3)(C2)C1. The Labute approximate surface area is 126 Å². The lowest BCUT2D eigenvalue weighted by molar-refractivity contribution is -0.124. The fraction of sp³-hybridized carbons (Fsp3) is 0.611. The molecule has 2 saturated carbocycles. The number of Topliss-reactive ketones (excluding diaryl/α,β-unsaturated/α-hetero) is 1. The molecule has 1 aromatic carbocycles. The lowest BCUT2D eigenvalue weighted by Gasteiger charge is -2.52. The van der Waals surface area contributed by atoms with E-state index in [-0.39, 0.29) is 11.3 Å². The largest absolute Gasteiger partial charge is 0.300 e. The number of benzene rings is 1. The van der Waals surface area contributed by atoms with E-state index in [0.717, 1.165) is 12.8 Å². The van der Waals surface area contributed by atoms with Crippen LogP contribution in [0.5, 0.6) is 0 Å². The number of carbonyl (C=O) groups excluding carboxylic acids is 1. The summed E-state index contributed by atoms with van der Waals surface area (Å²) in [5.74, 6) is 2.54. The van der Waals surface area contributed by atoms with E-state index in [0.29, 0.717) is 23.5 Å². The molecule has 2 bridgehead atoms. The molecule has 2 fully saturated rings. The van der Waals surface area contributed by atoms with Crippen molar-refractivity contribution in [3.05, 3.63) is 35.9 Å². The Morgan fingerprint density at radius 2 is 2.00 bits per heavy atom. The highest BCUT2D eigenvalue weighted by atomic mass is 35.5. The predicted molar refractivity (Wildman–Crippen MR) is 83.1 cm³/mol. The van der Waals surface area contributed by atoms with Crippen molar-refractivity contribution in [3.63, 3.8) is 0 Å². The Morgan fingerprint density at radius 1 is 1.25 bits per heavy atom. The summed E-state index contributed by atoms with van der Waals surface area (Å²) < 4.78 is 0. The lowest BCUT2D eigenvalue weighted by Crippen LogP contribution is -2.48. The maximum Gasteiger partial charge on any atom is 0.132 e. The summed E-state index contributed by atoms with van der Waals surface area (Å²) in [5.41, 5.74) is 1.54. The van der Waals surface area contributed by atoms with Gasteiger partial charge in [-0.3, -0.25) is 4.79 Å². The summed E-state index contributed by atoms with van der Waals surface area (Å²) in [4.78, 5) is 12.0. The first-order valence-electron chi connectivity index (χ1n) is 7.77. The molecule has 2 aliphatic carbocycles. The minimum Gasteiger partial charge on any atom is -0.300 e. The number of alkyl halides is 1. The Balaban J connectivity index is 2.02. The molecular weight excluding hydrogens is 268 g/mol. The van der Waals surface area contributed by atoms with Crippen molar-refractivity contribution >= 4 is 17.4 Å². The van der Waals surface area contributed by atoms with Crippen LogP contribution < -0.4 is 0 Å². The summed E-state index contributed by atoms with van der Waals surface area (Å²) in [7, 11) is 0. The smallest absolute Gasteiger partial charge is 0.132 e. The van der Waals surface area contributed by atoms with Crippen molar-refractivity contribution < 1.29 is 4.79 Å². The van der Waals surface area contributed by atoms with E-state index in [9.17, 15) is 4.79 Å². The van der Waals surface area contributed by atoms with Gasteiger partial charge in [-0.15, -0.1) is 11.6 Å². The van der Waals surface area contributed by atoms with Crippen LogP contribution in [0.1, 0.15) is 44.6 Å². The monoisotopic (exact) mass is 290 g/mol. The van der Waals surface area contributed by atoms with E-state index in [4.69, 9.17) is 11.6 Å². The van der Waals surface area contributed by atoms with Gasteiger partial charge in [-0.1, -0.05) is 36.8 Å². The summed E-state index contributed by atoms with van der Waals surface area (Å²) >= 11 is 6.31. The van der Waals surface area contributed by atoms with Gasteiger partial charge in [0.05, 0.1) is 0 Å². The van der Waals surface area contributed by atoms with Crippen LogP contribution in [-0.2, 0) is 10.2 Å². The van der Waals surface area contributed by atoms with Gasteiger partial charge in [-0.2, -0.15) is 0 Å². The molecule has 2 aliphatic rings. The third-order valence-electron chi connectivity index (χ3n) is 5.70. The number of ketones is 1. The van der Waals surface area contributed by atoms with Gasteiger partial charge >= 0.3 is 0 Å². The van der Waals surface area contributed by atoms with E-state index in [1.807, 2.05) is 0 Å². The van der Waals surface area contributed by atoms with Crippen LogP contribution in [0, 0.1) is 17.8 Å². The zero-order chi connectivity index (χ0) is 14.2. The topological polar surface area (TPSA) is 17.1 Å². The van der Waals surface area contributed by atoms with Crippen LogP contribution in [0.4, 0.5) is 0 Å². The van der Waals surface area contributed by atoms with E-state index < -0.39 is 0 Å². The highest BCUT2D eigenvalue weighted by Gasteiger charge is 2.50. The second kappa shape index (κ2) is 5.52. The summed E-state index contributed by atoms with van der Waals surface area (Å²) in [6.07, 6.45) is 5.78. The third-order valence-corrected chi connectivity index (χ3v) is 6.07. The third kappa shape index (κ3) is 2.30. The Kier molecular flexibility index (Phi) is 3.90. The summed E-state index contributed by atoms with van der Waals surface area (Å²) in [6, 6.07) is 10.8. The molecule has 1 aromatic rings. The van der Waals surface area contributed by atoms with Gasteiger partial charge < -0.3 is 0 Å². The predicted octanol–water partition coefficient (Wildman–Crippen LogP) is 4.58. The Bertz CT molecular complexity index is 483. The molecule has 0 heterocycles. The fourth-order valence-electron chi connectivity index (χ4n) is 4.65. The zero-order valence-corrected chi connectivity index (χ0v) is 12.9. The minimum atomic E-state index is 0.139. The first-order chi connectivity index (χ1) is 9.65. The maximum absolute atomic E-state index is 12.0. The van der Waals surface area contributed by atoms with Gasteiger partial charge in [0, 0.05) is 17.2 Å². The fourth-order valence-corrected chi connectivity index (χ4v) is 5.10. The van der Waals surface area contributed by atoms with Gasteiger partial charge in [0.2, 0.25) is 0 Å². The molecule has 2 heteroatoms. The first-order valence-corrected chi connectivity index (χ1v) is 8.31. The van der Waals surface area contributed by atoms with Crippen LogP contribution in [0.25, 0.3) is 0 Å². The molecule has 0 N–H and O–H groups in total. The standard InChI is InChI=1S/C18H23ClO/c1-13(20)15-9-14-7-8-17(12-19)18(10-14,11-15)16-5-3-2-4-6-16/h2-6,14-15,17H,7-12H2,1H3. The van der Waals surface area contributed by atoms with Crippen molar-refractivity contribution in [3.8, 4) is 0 Å². The van der Waals surface area contributed by atoms with Crippen molar-refractivity contribution in [1.82, 2.24) is 0 Å². The summed E-state index contributed by atoms with van der Waals surface area (Å²) in [5, 5.41) is 0. The number of hydrogen-bond donors (Lipinski definition) is 0. The van der Waals surface area contributed by atoms with Crippen molar-refractivity contribution in [1.29, 1.82) is 0 Å². The maximum atomic E-state index is 12.0. The van der Waals surface area contributed by atoms with Crippen molar-refractivity contribution in [2.75, 3.05) is 5.88 Å². The molecule has 0 radical (unpaired) electrons. The van der Waals surface area contributed by atoms with Gasteiger partial charge in [0.25, 0.3) is 0 Å². The van der Waals surface area contributed by atoms with E-state index >= 15 is 0 Å². The summed E-state index contributed by atoms with van der Waals surface area (Å²) in [6.45, 7) is 1.76. The molecule has 0 spiro atoms. The molecule has 3 rings (SSSR count). The quantitative estimate of drug-likeness (QED) is 0.745. The second-order valence-corrected chi connectivity index (χ2v) is 7.08. The molecule has 0 saturated heterocycles. The molecule has 4 unspecified atom stereocenters. The van der Waals surface area contributed by atoms with Crippen LogP contribution in [-0.4, -0.2) is 11.7 Å². The average Bonchev–Trinajstić information content (AvgIpc) is 2.48. The molecule has 20 heavy (non-hydrogen) atoms. The second-order valence-electron chi connectivity index (χ2n) is 6.77. The number of halogens is 1. The highest BCUT2D eigenvalue weighted by Crippen LogP contribution is 2.55. The molecule has 1 nitrogen and oxygen atoms in total. The highest BCUT2D eigenvalue weighted by molar-refractivity contribution is 6.18. The number of hydrogen-bond acceptors (Lipinski definition) is 1. The minimum absolute atomic E-state index is 0.139. The number of rotatable bonds is 3. The van der Waals surface area contributed by atoms with E-state index in [1.165, 1.54) is 24.8 Å². The normalized spacial score (nSPS) is 36.6. The van der Waals surface area contributed by atoms with Crippen LogP contribution in [0.15, 0.2) is 30.3 Å². The van der Waals surface area contributed by atoms with E-state index in [2.05, 4.69) is 30.3 Å². The molecule has 0 aliphatic heterocycles. The molecule has 0 amide bonds. The van der Waals surface area contributed by atoms with Crippen LogP contribution in [0.3, 0.4) is 0 Å². The van der Waals surface area contributed by atoms with Gasteiger partial charge in [0.1, 0.15) is 5.78 Å². The number of carbonyl (C=O) groups is 1. The number of fused-ring (bicyclic) bond motifs is 2. The Hall–Kier alpha value is -0.820. The molecule has 108 valence electrons. The molecular formula is C18H23ClO.